The molecule has 5 nitrogen and oxygen atoms in total. The van der Waals surface area contributed by atoms with Gasteiger partial charge in [-0.25, -0.2) is 4.98 Å². The second kappa shape index (κ2) is 4.19. The molecule has 2 heterocycles. The summed E-state index contributed by atoms with van der Waals surface area (Å²) in [5.74, 6) is 0. The van der Waals surface area contributed by atoms with Gasteiger partial charge in [-0.2, -0.15) is 4.68 Å². The maximum Gasteiger partial charge on any atom is 0.252 e. The number of hydrogen-bond acceptors (Lipinski definition) is 4. The molecule has 18 heavy (non-hydrogen) atoms. The Kier molecular flexibility index (Phi) is 2.53. The van der Waals surface area contributed by atoms with E-state index in [9.17, 15) is 4.79 Å². The highest BCUT2D eigenvalue weighted by molar-refractivity contribution is 6.67. The van der Waals surface area contributed by atoms with Crippen LogP contribution < -0.4 is 0 Å². The Morgan fingerprint density at radius 3 is 2.67 bits per heavy atom. The molecule has 1 aromatic carbocycles. The fourth-order valence-corrected chi connectivity index (χ4v) is 1.80. The van der Waals surface area contributed by atoms with Crippen LogP contribution >= 0.6 is 11.6 Å². The van der Waals surface area contributed by atoms with Crippen molar-refractivity contribution in [1.29, 1.82) is 0 Å². The topological polar surface area (TPSA) is 60.7 Å². The summed E-state index contributed by atoms with van der Waals surface area (Å²) in [5.41, 5.74) is 2.60. The van der Waals surface area contributed by atoms with Gasteiger partial charge in [0.1, 0.15) is 5.52 Å². The zero-order valence-electron chi connectivity index (χ0n) is 9.12. The van der Waals surface area contributed by atoms with Gasteiger partial charge in [0, 0.05) is 11.8 Å². The van der Waals surface area contributed by atoms with Crippen LogP contribution in [-0.2, 0) is 0 Å². The Labute approximate surface area is 107 Å². The highest BCUT2D eigenvalue weighted by Gasteiger charge is 2.07. The van der Waals surface area contributed by atoms with Crippen molar-refractivity contribution in [2.45, 2.75) is 0 Å². The van der Waals surface area contributed by atoms with E-state index < -0.39 is 5.24 Å². The van der Waals surface area contributed by atoms with Crippen molar-refractivity contribution in [3.63, 3.8) is 0 Å². The van der Waals surface area contributed by atoms with E-state index in [0.29, 0.717) is 11.2 Å². The van der Waals surface area contributed by atoms with Crippen LogP contribution in [0.2, 0.25) is 0 Å². The van der Waals surface area contributed by atoms with E-state index in [1.807, 2.05) is 6.07 Å². The molecule has 0 N–H and O–H groups in total. The van der Waals surface area contributed by atoms with Gasteiger partial charge in [0.2, 0.25) is 0 Å². The molecular formula is C12H7ClN4O. The van der Waals surface area contributed by atoms with E-state index >= 15 is 0 Å². The number of aromatic nitrogens is 4. The molecule has 0 saturated carbocycles. The fourth-order valence-electron chi connectivity index (χ4n) is 1.67. The lowest BCUT2D eigenvalue weighted by atomic mass is 10.2. The summed E-state index contributed by atoms with van der Waals surface area (Å²) in [6.45, 7) is 0. The van der Waals surface area contributed by atoms with Crippen LogP contribution in [0.25, 0.3) is 16.9 Å². The molecule has 0 atom stereocenters. The monoisotopic (exact) mass is 258 g/mol. The number of nitrogens with zero attached hydrogens (tertiary/aromatic N) is 4. The van der Waals surface area contributed by atoms with E-state index in [-0.39, 0.29) is 0 Å². The van der Waals surface area contributed by atoms with Crippen LogP contribution in [0.1, 0.15) is 10.4 Å². The van der Waals surface area contributed by atoms with E-state index in [4.69, 9.17) is 11.6 Å². The molecule has 0 spiro atoms. The van der Waals surface area contributed by atoms with Gasteiger partial charge in [-0.05, 0) is 48.0 Å². The molecule has 0 aliphatic rings. The maximum atomic E-state index is 11.0. The smallest absolute Gasteiger partial charge is 0.252 e. The van der Waals surface area contributed by atoms with Gasteiger partial charge in [0.15, 0.2) is 5.65 Å². The van der Waals surface area contributed by atoms with Crippen molar-refractivity contribution in [2.24, 2.45) is 0 Å². The highest BCUT2D eigenvalue weighted by Crippen LogP contribution is 2.15. The van der Waals surface area contributed by atoms with Gasteiger partial charge >= 0.3 is 0 Å². The minimum absolute atomic E-state index is 0.442. The first kappa shape index (κ1) is 10.9. The third-order valence-electron chi connectivity index (χ3n) is 2.55. The van der Waals surface area contributed by atoms with Crippen LogP contribution in [-0.4, -0.2) is 25.2 Å². The predicted octanol–water partition coefficient (Wildman–Crippen LogP) is 2.19. The molecule has 0 saturated heterocycles. The lowest BCUT2D eigenvalue weighted by Gasteiger charge is -2.01. The third-order valence-corrected chi connectivity index (χ3v) is 2.77. The van der Waals surface area contributed by atoms with Gasteiger partial charge in [0.25, 0.3) is 5.24 Å². The summed E-state index contributed by atoms with van der Waals surface area (Å²) >= 11 is 5.39. The molecule has 0 fully saturated rings. The number of benzene rings is 1. The number of pyridine rings is 1. The van der Waals surface area contributed by atoms with Crippen LogP contribution in [0.5, 0.6) is 0 Å². The Morgan fingerprint density at radius 2 is 1.94 bits per heavy atom. The van der Waals surface area contributed by atoms with Crippen molar-refractivity contribution in [2.75, 3.05) is 0 Å². The molecule has 3 aromatic rings. The Hall–Kier alpha value is -2.27. The minimum Gasteiger partial charge on any atom is -0.276 e. The number of carbonyl (C=O) groups excluding carboxylic acids is 1. The molecule has 0 radical (unpaired) electrons. The lowest BCUT2D eigenvalue weighted by Crippen LogP contribution is -1.98. The van der Waals surface area contributed by atoms with Gasteiger partial charge in [-0.15, -0.1) is 5.10 Å². The van der Waals surface area contributed by atoms with E-state index in [1.165, 1.54) is 0 Å². The molecule has 0 amide bonds. The normalized spacial score (nSPS) is 10.7. The summed E-state index contributed by atoms with van der Waals surface area (Å²) in [4.78, 5) is 15.2. The average Bonchev–Trinajstić information content (AvgIpc) is 2.82. The minimum atomic E-state index is -0.483. The first-order valence-electron chi connectivity index (χ1n) is 5.22. The van der Waals surface area contributed by atoms with Crippen LogP contribution in [0.3, 0.4) is 0 Å². The standard InChI is InChI=1S/C12H7ClN4O/c13-11(18)8-3-5-9(6-4-8)17-12-10(15-16-17)2-1-7-14-12/h1-7H. The average molecular weight is 259 g/mol. The van der Waals surface area contributed by atoms with E-state index in [0.717, 1.165) is 11.2 Å². The summed E-state index contributed by atoms with van der Waals surface area (Å²) in [5, 5.41) is 7.55. The fraction of sp³-hybridized carbons (Fsp3) is 0. The highest BCUT2D eigenvalue weighted by atomic mass is 35.5. The quantitative estimate of drug-likeness (QED) is 0.661. The first-order valence-corrected chi connectivity index (χ1v) is 5.60. The van der Waals surface area contributed by atoms with Crippen molar-refractivity contribution < 1.29 is 4.79 Å². The van der Waals surface area contributed by atoms with Crippen molar-refractivity contribution in [3.05, 3.63) is 48.2 Å². The SMILES string of the molecule is O=C(Cl)c1ccc(-n2nnc3cccnc32)cc1. The van der Waals surface area contributed by atoms with Crippen LogP contribution in [0.15, 0.2) is 42.6 Å². The summed E-state index contributed by atoms with van der Waals surface area (Å²) in [6.07, 6.45) is 1.68. The number of hydrogen-bond donors (Lipinski definition) is 0. The molecule has 88 valence electrons. The largest absolute Gasteiger partial charge is 0.276 e. The molecule has 0 aliphatic heterocycles. The molecule has 0 unspecified atom stereocenters. The van der Waals surface area contributed by atoms with Gasteiger partial charge < -0.3 is 0 Å². The van der Waals surface area contributed by atoms with Crippen LogP contribution in [0.4, 0.5) is 0 Å². The summed E-state index contributed by atoms with van der Waals surface area (Å²) in [7, 11) is 0. The van der Waals surface area contributed by atoms with Crippen LogP contribution in [0, 0.1) is 0 Å². The first-order chi connectivity index (χ1) is 8.75. The Balaban J connectivity index is 2.12. The number of fused-ring (bicyclic) bond motifs is 1. The molecular weight excluding hydrogens is 252 g/mol. The van der Waals surface area contributed by atoms with E-state index in [2.05, 4.69) is 15.3 Å². The summed E-state index contributed by atoms with van der Waals surface area (Å²) in [6, 6.07) is 10.4. The molecule has 0 bridgehead atoms. The number of rotatable bonds is 2. The van der Waals surface area contributed by atoms with Crippen molar-refractivity contribution in [3.8, 4) is 5.69 Å². The molecule has 0 aliphatic carbocycles. The molecule has 3 rings (SSSR count). The van der Waals surface area contributed by atoms with Crippen molar-refractivity contribution in [1.82, 2.24) is 20.0 Å². The van der Waals surface area contributed by atoms with Gasteiger partial charge in [0.05, 0.1) is 5.69 Å². The zero-order chi connectivity index (χ0) is 12.5. The second-order valence-electron chi connectivity index (χ2n) is 3.67. The Morgan fingerprint density at radius 1 is 1.17 bits per heavy atom. The number of carbonyl (C=O) groups is 1. The summed E-state index contributed by atoms with van der Waals surface area (Å²) < 4.78 is 1.61. The Bertz CT molecular complexity index is 720. The van der Waals surface area contributed by atoms with Gasteiger partial charge in [-0.1, -0.05) is 5.21 Å². The van der Waals surface area contributed by atoms with E-state index in [1.54, 1.807) is 41.2 Å². The predicted molar refractivity (Wildman–Crippen MR) is 66.8 cm³/mol. The molecule has 6 heteroatoms. The number of halogens is 1. The third kappa shape index (κ3) is 1.74. The maximum absolute atomic E-state index is 11.0. The second-order valence-corrected chi connectivity index (χ2v) is 4.01. The molecule has 2 aromatic heterocycles. The van der Waals surface area contributed by atoms with Crippen molar-refractivity contribution >= 4 is 28.0 Å². The lowest BCUT2D eigenvalue weighted by molar-refractivity contribution is 0.108. The van der Waals surface area contributed by atoms with Gasteiger partial charge in [-0.3, -0.25) is 4.79 Å². The zero-order valence-corrected chi connectivity index (χ0v) is 9.87.